The number of halogens is 7. The highest BCUT2D eigenvalue weighted by Gasteiger charge is 2.63. The molecule has 2 fully saturated rings. The van der Waals surface area contributed by atoms with Crippen molar-refractivity contribution in [2.75, 3.05) is 7.11 Å². The summed E-state index contributed by atoms with van der Waals surface area (Å²) in [5, 5.41) is 31.8. The van der Waals surface area contributed by atoms with E-state index in [0.717, 1.165) is 35.0 Å². The Morgan fingerprint density at radius 1 is 1.00 bits per heavy atom. The van der Waals surface area contributed by atoms with E-state index in [1.807, 2.05) is 0 Å². The lowest BCUT2D eigenvalue weighted by Gasteiger charge is -2.56. The molecule has 5 aromatic rings. The molecule has 3 aromatic carbocycles. The van der Waals surface area contributed by atoms with Gasteiger partial charge in [-0.3, -0.25) is 4.68 Å². The summed E-state index contributed by atoms with van der Waals surface area (Å²) in [4.78, 5) is 4.31. The molecule has 4 heterocycles. The van der Waals surface area contributed by atoms with E-state index in [1.165, 1.54) is 31.8 Å². The summed E-state index contributed by atoms with van der Waals surface area (Å²) < 4.78 is 105. The number of aryl methyl sites for hydroxylation is 1. The Morgan fingerprint density at radius 3 is 2.36 bits per heavy atom. The van der Waals surface area contributed by atoms with E-state index in [1.54, 1.807) is 24.3 Å². The average molecular weight is 722 g/mol. The van der Waals surface area contributed by atoms with E-state index in [0.29, 0.717) is 11.3 Å². The molecule has 0 spiro atoms. The van der Waals surface area contributed by atoms with E-state index in [-0.39, 0.29) is 33.5 Å². The topological polar surface area (TPSA) is 117 Å². The molecule has 17 heteroatoms. The van der Waals surface area contributed by atoms with Gasteiger partial charge in [-0.15, -0.1) is 0 Å². The summed E-state index contributed by atoms with van der Waals surface area (Å²) in [5.74, 6) is -6.43. The highest BCUT2D eigenvalue weighted by Crippen LogP contribution is 2.50. The van der Waals surface area contributed by atoms with Crippen LogP contribution in [-0.2, 0) is 15.7 Å². The summed E-state index contributed by atoms with van der Waals surface area (Å²) in [6.45, 7) is 2.73. The lowest BCUT2D eigenvalue weighted by Crippen LogP contribution is -2.71. The maximum atomic E-state index is 14.5. The molecule has 2 aliphatic rings. The summed E-state index contributed by atoms with van der Waals surface area (Å²) in [6.07, 6.45) is -9.00. The first-order valence-corrected chi connectivity index (χ1v) is 15.4. The lowest BCUT2D eigenvalue weighted by molar-refractivity contribution is -0.425. The van der Waals surface area contributed by atoms with Crippen molar-refractivity contribution in [3.05, 3.63) is 100 Å². The second-order valence-corrected chi connectivity index (χ2v) is 12.4. The van der Waals surface area contributed by atoms with Gasteiger partial charge in [0.1, 0.15) is 47.7 Å². The Labute approximate surface area is 284 Å². The molecule has 50 heavy (non-hydrogen) atoms. The molecule has 10 nitrogen and oxygen atoms in total. The molecule has 2 N–H and O–H groups in total. The molecule has 0 saturated carbocycles. The Kier molecular flexibility index (Phi) is 8.22. The second-order valence-electron chi connectivity index (χ2n) is 12.0. The third-order valence-corrected chi connectivity index (χ3v) is 8.91. The number of nitrogens with zero attached hydrogens (tertiary/aromatic N) is 5. The van der Waals surface area contributed by atoms with Crippen LogP contribution in [0.3, 0.4) is 0 Å². The van der Waals surface area contributed by atoms with Crippen LogP contribution in [0.25, 0.3) is 28.1 Å². The normalized spacial score (nSPS) is 24.9. The molecule has 3 unspecified atom stereocenters. The SMILES string of the molecule is COc1ccccc1-c1nn(C2C(O)[C@H](c3nc(C)nn3-c3cc(Cl)ccc3C(F)(F)F)OC3[C@@H]2O[C@]3(C)O)cc1-c1cc(F)c(F)c(F)c1. The van der Waals surface area contributed by atoms with Crippen molar-refractivity contribution in [1.82, 2.24) is 24.5 Å². The number of fused-ring (bicyclic) bond motifs is 1. The molecule has 6 atom stereocenters. The predicted octanol–water partition coefficient (Wildman–Crippen LogP) is 6.35. The van der Waals surface area contributed by atoms with E-state index in [9.17, 15) is 36.6 Å². The van der Waals surface area contributed by atoms with Crippen LogP contribution in [0, 0.1) is 24.4 Å². The number of aromatic nitrogens is 5. The smallest absolute Gasteiger partial charge is 0.418 e. The number of hydrogen-bond donors (Lipinski definition) is 2. The number of aliphatic hydroxyl groups is 2. The highest BCUT2D eigenvalue weighted by atomic mass is 35.5. The molecule has 0 radical (unpaired) electrons. The number of methoxy groups -OCH3 is 1. The van der Waals surface area contributed by atoms with E-state index >= 15 is 0 Å². The van der Waals surface area contributed by atoms with Gasteiger partial charge >= 0.3 is 6.18 Å². The Balaban J connectivity index is 1.40. The largest absolute Gasteiger partial charge is 0.496 e. The van der Waals surface area contributed by atoms with Crippen molar-refractivity contribution in [3.8, 4) is 33.8 Å². The minimum atomic E-state index is -4.83. The molecule has 262 valence electrons. The molecular weight excluding hydrogens is 696 g/mol. The van der Waals surface area contributed by atoms with Crippen molar-refractivity contribution in [3.63, 3.8) is 0 Å². The Hall–Kier alpha value is -4.48. The quantitative estimate of drug-likeness (QED) is 0.154. The van der Waals surface area contributed by atoms with Gasteiger partial charge in [0.2, 0.25) is 0 Å². The number of para-hydroxylation sites is 1. The van der Waals surface area contributed by atoms with Gasteiger partial charge in [0.25, 0.3) is 0 Å². The third kappa shape index (κ3) is 5.60. The molecule has 0 bridgehead atoms. The van der Waals surface area contributed by atoms with E-state index in [4.69, 9.17) is 25.8 Å². The summed E-state index contributed by atoms with van der Waals surface area (Å²) in [5.41, 5.74) is -1.13. The van der Waals surface area contributed by atoms with Crippen LogP contribution in [0.1, 0.15) is 36.3 Å². The maximum absolute atomic E-state index is 14.5. The van der Waals surface area contributed by atoms with Gasteiger partial charge in [-0.25, -0.2) is 22.8 Å². The Morgan fingerprint density at radius 2 is 1.70 bits per heavy atom. The molecule has 2 saturated heterocycles. The average Bonchev–Trinajstić information content (AvgIpc) is 3.66. The number of rotatable bonds is 6. The molecule has 2 aromatic heterocycles. The van der Waals surface area contributed by atoms with Crippen LogP contribution in [0.2, 0.25) is 5.02 Å². The first-order chi connectivity index (χ1) is 23.6. The molecule has 0 aliphatic carbocycles. The van der Waals surface area contributed by atoms with Gasteiger partial charge in [0.05, 0.1) is 18.4 Å². The van der Waals surface area contributed by atoms with Crippen molar-refractivity contribution >= 4 is 11.6 Å². The van der Waals surface area contributed by atoms with E-state index < -0.39 is 71.1 Å². The van der Waals surface area contributed by atoms with Crippen LogP contribution in [-0.4, -0.2) is 66.0 Å². The van der Waals surface area contributed by atoms with Crippen LogP contribution in [0.4, 0.5) is 26.3 Å². The van der Waals surface area contributed by atoms with Crippen LogP contribution >= 0.6 is 11.6 Å². The molecule has 0 amide bonds. The zero-order valence-electron chi connectivity index (χ0n) is 26.2. The van der Waals surface area contributed by atoms with Crippen LogP contribution in [0.5, 0.6) is 5.75 Å². The van der Waals surface area contributed by atoms with Gasteiger partial charge in [-0.1, -0.05) is 23.7 Å². The fraction of sp³-hybridized carbons (Fsp3) is 0.303. The van der Waals surface area contributed by atoms with Crippen molar-refractivity contribution in [2.45, 2.75) is 56.3 Å². The minimum absolute atomic E-state index is 0.0272. The maximum Gasteiger partial charge on any atom is 0.418 e. The van der Waals surface area contributed by atoms with Gasteiger partial charge < -0.3 is 24.4 Å². The summed E-state index contributed by atoms with van der Waals surface area (Å²) >= 11 is 6.10. The van der Waals surface area contributed by atoms with Crippen LogP contribution in [0.15, 0.2) is 60.8 Å². The number of aliphatic hydroxyl groups excluding tert-OH is 1. The summed E-state index contributed by atoms with van der Waals surface area (Å²) in [7, 11) is 1.40. The summed E-state index contributed by atoms with van der Waals surface area (Å²) in [6, 6.07) is 9.79. The first-order valence-electron chi connectivity index (χ1n) is 15.0. The second kappa shape index (κ2) is 12.1. The molecule has 7 rings (SSSR count). The number of benzene rings is 3. The zero-order chi connectivity index (χ0) is 35.9. The van der Waals surface area contributed by atoms with Gasteiger partial charge in [0, 0.05) is 22.3 Å². The monoisotopic (exact) mass is 721 g/mol. The fourth-order valence-electron chi connectivity index (χ4n) is 6.44. The van der Waals surface area contributed by atoms with Gasteiger partial charge in [0.15, 0.2) is 29.1 Å². The van der Waals surface area contributed by atoms with Gasteiger partial charge in [-0.2, -0.15) is 23.4 Å². The third-order valence-electron chi connectivity index (χ3n) is 8.67. The number of alkyl halides is 3. The van der Waals surface area contributed by atoms with Gasteiger partial charge in [-0.05, 0) is 61.9 Å². The van der Waals surface area contributed by atoms with Crippen molar-refractivity contribution < 1.29 is 50.8 Å². The standard InChI is InChI=1S/C33H26ClF6N5O5/c1-14-41-31(45(42-14)22-12-16(34)8-9-19(22)33(38,39)40)29-27(46)26(28-30(49-29)32(2,47)50-28)44-13-18(15-10-20(35)24(37)21(36)11-15)25(43-44)17-6-4-5-7-23(17)48-3/h4-13,26-30,46-47H,1-3H3/t26?,27?,28-,29-,30?,32+/m1/s1. The number of hydrogen-bond acceptors (Lipinski definition) is 8. The zero-order valence-corrected chi connectivity index (χ0v) is 26.9. The molecule has 2 aliphatic heterocycles. The fourth-order valence-corrected chi connectivity index (χ4v) is 6.61. The minimum Gasteiger partial charge on any atom is -0.496 e. The predicted molar refractivity (Wildman–Crippen MR) is 164 cm³/mol. The highest BCUT2D eigenvalue weighted by molar-refractivity contribution is 6.30. The molecular formula is C33H26ClF6N5O5. The van der Waals surface area contributed by atoms with Crippen molar-refractivity contribution in [2.24, 2.45) is 0 Å². The van der Waals surface area contributed by atoms with E-state index in [2.05, 4.69) is 15.2 Å². The first kappa shape index (κ1) is 34.0. The van der Waals surface area contributed by atoms with Crippen molar-refractivity contribution in [1.29, 1.82) is 0 Å². The lowest BCUT2D eigenvalue weighted by atomic mass is 9.84. The van der Waals surface area contributed by atoms with Crippen LogP contribution < -0.4 is 4.74 Å². The Bertz CT molecular complexity index is 2100. The number of ether oxygens (including phenoxy) is 3.